The molecule has 0 amide bonds. The minimum Gasteiger partial charge on any atom is -0.478 e. The molecule has 0 spiro atoms. The van der Waals surface area contributed by atoms with Gasteiger partial charge in [0.25, 0.3) is 0 Å². The van der Waals surface area contributed by atoms with Gasteiger partial charge in [0.15, 0.2) is 0 Å². The van der Waals surface area contributed by atoms with Gasteiger partial charge in [-0.1, -0.05) is 28.9 Å². The van der Waals surface area contributed by atoms with Gasteiger partial charge in [-0.15, -0.1) is 0 Å². The molecule has 0 heterocycles. The third-order valence-corrected chi connectivity index (χ3v) is 2.84. The molecule has 1 atom stereocenters. The quantitative estimate of drug-likeness (QED) is 0.499. The maximum atomic E-state index is 10.6. The smallest absolute Gasteiger partial charge is 0.328 e. The first-order chi connectivity index (χ1) is 9.35. The Balaban J connectivity index is 4.58. The maximum Gasteiger partial charge on any atom is 0.328 e. The van der Waals surface area contributed by atoms with Gasteiger partial charge in [-0.25, -0.2) is 4.79 Å². The summed E-state index contributed by atoms with van der Waals surface area (Å²) < 4.78 is 5.67. The molecule has 114 valence electrons. The maximum absolute atomic E-state index is 10.6. The van der Waals surface area contributed by atoms with E-state index in [0.717, 1.165) is 18.4 Å². The number of hydrogen-bond donors (Lipinski definition) is 1. The molecule has 0 unspecified atom stereocenters. The zero-order valence-electron chi connectivity index (χ0n) is 13.4. The summed E-state index contributed by atoms with van der Waals surface area (Å²) in [4.78, 5) is 10.6. The normalized spacial score (nSPS) is 14.1. The summed E-state index contributed by atoms with van der Waals surface area (Å²) in [6.45, 7) is 10.7. The van der Waals surface area contributed by atoms with Crippen LogP contribution in [0.5, 0.6) is 0 Å². The fourth-order valence-electron chi connectivity index (χ4n) is 1.96. The second-order valence-electron chi connectivity index (χ2n) is 5.36. The average Bonchev–Trinajstić information content (AvgIpc) is 2.27. The number of allylic oxidation sites excluding steroid dienone is 3. The first-order valence-corrected chi connectivity index (χ1v) is 7.17. The summed E-state index contributed by atoms with van der Waals surface area (Å²) in [6.07, 6.45) is 8.22. The number of carboxylic acids is 1. The molecule has 0 radical (unpaired) electrons. The van der Waals surface area contributed by atoms with E-state index in [1.165, 1.54) is 17.2 Å². The highest BCUT2D eigenvalue weighted by Gasteiger charge is 2.07. The lowest BCUT2D eigenvalue weighted by Crippen LogP contribution is -2.11. The van der Waals surface area contributed by atoms with Crippen molar-refractivity contribution in [3.8, 4) is 0 Å². The van der Waals surface area contributed by atoms with E-state index >= 15 is 0 Å². The van der Waals surface area contributed by atoms with Gasteiger partial charge in [0.1, 0.15) is 0 Å². The second-order valence-corrected chi connectivity index (χ2v) is 5.36. The van der Waals surface area contributed by atoms with E-state index < -0.39 is 5.97 Å². The van der Waals surface area contributed by atoms with Gasteiger partial charge >= 0.3 is 5.97 Å². The van der Waals surface area contributed by atoms with Crippen LogP contribution in [0, 0.1) is 0 Å². The monoisotopic (exact) mass is 280 g/mol. The van der Waals surface area contributed by atoms with Crippen LogP contribution >= 0.6 is 0 Å². The molecular formula is C17H28O3. The van der Waals surface area contributed by atoms with Crippen molar-refractivity contribution in [2.45, 2.75) is 60.0 Å². The van der Waals surface area contributed by atoms with E-state index in [1.54, 1.807) is 0 Å². The van der Waals surface area contributed by atoms with E-state index in [2.05, 4.69) is 32.9 Å². The molecule has 3 nitrogen and oxygen atoms in total. The van der Waals surface area contributed by atoms with Gasteiger partial charge in [-0.3, -0.25) is 0 Å². The number of carbonyl (C=O) groups is 1. The van der Waals surface area contributed by atoms with Crippen LogP contribution in [-0.2, 0) is 9.53 Å². The molecule has 3 heteroatoms. The predicted molar refractivity (Wildman–Crippen MR) is 83.8 cm³/mol. The van der Waals surface area contributed by atoms with Crippen molar-refractivity contribution >= 4 is 5.97 Å². The summed E-state index contributed by atoms with van der Waals surface area (Å²) in [7, 11) is 0. The molecule has 0 saturated heterocycles. The first-order valence-electron chi connectivity index (χ1n) is 7.17. The minimum absolute atomic E-state index is 0.0395. The lowest BCUT2D eigenvalue weighted by molar-refractivity contribution is -0.131. The van der Waals surface area contributed by atoms with E-state index in [-0.39, 0.29) is 6.10 Å². The van der Waals surface area contributed by atoms with Crippen molar-refractivity contribution in [1.82, 2.24) is 0 Å². The van der Waals surface area contributed by atoms with Crippen LogP contribution in [0.25, 0.3) is 0 Å². The molecule has 0 fully saturated rings. The number of hydrogen-bond acceptors (Lipinski definition) is 2. The zero-order chi connectivity index (χ0) is 15.5. The Morgan fingerprint density at radius 3 is 2.35 bits per heavy atom. The van der Waals surface area contributed by atoms with Crippen molar-refractivity contribution in [1.29, 1.82) is 0 Å². The molecule has 0 aliphatic heterocycles. The standard InChI is InChI=1S/C17H28O3/c1-6-20-16(11-15(5)12-17(18)19)10-14(4)9-7-8-13(2)3/h8,10,12,16H,6-7,9,11H2,1-5H3,(H,18,19)/b14-10+,15-12-/t16-/m0/s1. The van der Waals surface area contributed by atoms with Gasteiger partial charge in [0.05, 0.1) is 6.10 Å². The fourth-order valence-corrected chi connectivity index (χ4v) is 1.96. The van der Waals surface area contributed by atoms with Crippen LogP contribution in [0.15, 0.2) is 34.9 Å². The average molecular weight is 280 g/mol. The Labute approximate surface area is 123 Å². The number of ether oxygens (including phenoxy) is 1. The van der Waals surface area contributed by atoms with Gasteiger partial charge < -0.3 is 9.84 Å². The Morgan fingerprint density at radius 2 is 1.85 bits per heavy atom. The summed E-state index contributed by atoms with van der Waals surface area (Å²) in [5.41, 5.74) is 3.44. The highest BCUT2D eigenvalue weighted by molar-refractivity contribution is 5.80. The molecule has 20 heavy (non-hydrogen) atoms. The lowest BCUT2D eigenvalue weighted by Gasteiger charge is -2.14. The summed E-state index contributed by atoms with van der Waals surface area (Å²) in [5, 5.41) is 8.74. The van der Waals surface area contributed by atoms with Gasteiger partial charge in [-0.2, -0.15) is 0 Å². The van der Waals surface area contributed by atoms with Gasteiger partial charge in [0, 0.05) is 12.7 Å². The van der Waals surface area contributed by atoms with Crippen molar-refractivity contribution in [2.75, 3.05) is 6.61 Å². The summed E-state index contributed by atoms with van der Waals surface area (Å²) >= 11 is 0. The topological polar surface area (TPSA) is 46.5 Å². The third kappa shape index (κ3) is 10.6. The molecule has 0 saturated carbocycles. The minimum atomic E-state index is -0.901. The lowest BCUT2D eigenvalue weighted by atomic mass is 10.0. The van der Waals surface area contributed by atoms with Crippen LogP contribution in [-0.4, -0.2) is 23.8 Å². The Kier molecular flexibility index (Phi) is 9.73. The van der Waals surface area contributed by atoms with Gasteiger partial charge in [-0.05, 0) is 53.9 Å². The molecular weight excluding hydrogens is 252 g/mol. The Morgan fingerprint density at radius 1 is 1.20 bits per heavy atom. The number of carboxylic acid groups (broad SMARTS) is 1. The Bertz CT molecular complexity index is 385. The summed E-state index contributed by atoms with van der Waals surface area (Å²) in [6, 6.07) is 0. The second kappa shape index (κ2) is 10.4. The molecule has 0 aliphatic rings. The highest BCUT2D eigenvalue weighted by Crippen LogP contribution is 2.14. The van der Waals surface area contributed by atoms with Crippen LogP contribution in [0.3, 0.4) is 0 Å². The fraction of sp³-hybridized carbons (Fsp3) is 0.588. The molecule has 1 N–H and O–H groups in total. The third-order valence-electron chi connectivity index (χ3n) is 2.84. The summed E-state index contributed by atoms with van der Waals surface area (Å²) in [5.74, 6) is -0.901. The SMILES string of the molecule is CCO[C@@H](/C=C(\C)CCC=C(C)C)C/C(C)=C\C(=O)O. The van der Waals surface area contributed by atoms with E-state index in [0.29, 0.717) is 13.0 Å². The molecule has 0 aromatic carbocycles. The molecule has 0 aliphatic carbocycles. The predicted octanol–water partition coefficient (Wildman–Crippen LogP) is 4.51. The van der Waals surface area contributed by atoms with E-state index in [1.807, 2.05) is 13.8 Å². The van der Waals surface area contributed by atoms with E-state index in [9.17, 15) is 4.79 Å². The van der Waals surface area contributed by atoms with Crippen LogP contribution in [0.2, 0.25) is 0 Å². The van der Waals surface area contributed by atoms with Crippen molar-refractivity contribution in [2.24, 2.45) is 0 Å². The van der Waals surface area contributed by atoms with E-state index in [4.69, 9.17) is 9.84 Å². The Hall–Kier alpha value is -1.35. The first kappa shape index (κ1) is 18.7. The van der Waals surface area contributed by atoms with Crippen LogP contribution < -0.4 is 0 Å². The number of aliphatic carboxylic acids is 1. The van der Waals surface area contributed by atoms with Crippen LogP contribution in [0.1, 0.15) is 53.9 Å². The molecule has 0 rings (SSSR count). The number of rotatable bonds is 9. The molecule has 0 bridgehead atoms. The zero-order valence-corrected chi connectivity index (χ0v) is 13.4. The highest BCUT2D eigenvalue weighted by atomic mass is 16.5. The van der Waals surface area contributed by atoms with Crippen molar-refractivity contribution in [3.05, 3.63) is 34.9 Å². The van der Waals surface area contributed by atoms with Crippen molar-refractivity contribution in [3.63, 3.8) is 0 Å². The molecule has 0 aromatic rings. The van der Waals surface area contributed by atoms with Gasteiger partial charge in [0.2, 0.25) is 0 Å². The van der Waals surface area contributed by atoms with Crippen molar-refractivity contribution < 1.29 is 14.6 Å². The molecule has 0 aromatic heterocycles. The van der Waals surface area contributed by atoms with Crippen LogP contribution in [0.4, 0.5) is 0 Å². The largest absolute Gasteiger partial charge is 0.478 e.